The summed E-state index contributed by atoms with van der Waals surface area (Å²) in [6, 6.07) is 1.55. The van der Waals surface area contributed by atoms with E-state index in [1.165, 1.54) is 0 Å². The zero-order chi connectivity index (χ0) is 10.0. The highest BCUT2D eigenvalue weighted by molar-refractivity contribution is 6.29. The van der Waals surface area contributed by atoms with Gasteiger partial charge >= 0.3 is 0 Å². The smallest absolute Gasteiger partial charge is 0.131 e. The van der Waals surface area contributed by atoms with Crippen LogP contribution < -0.4 is 11.5 Å². The average Bonchev–Trinajstić information content (AvgIpc) is 2.03. The summed E-state index contributed by atoms with van der Waals surface area (Å²) in [5.74, 6) is 0.338. The third kappa shape index (κ3) is 2.32. The van der Waals surface area contributed by atoms with Crippen molar-refractivity contribution in [3.05, 3.63) is 23.0 Å². The van der Waals surface area contributed by atoms with Gasteiger partial charge in [-0.15, -0.1) is 0 Å². The average molecular weight is 200 g/mol. The molecule has 0 saturated heterocycles. The number of nitrogens with two attached hydrogens (primary N) is 2. The van der Waals surface area contributed by atoms with E-state index in [-0.39, 0.29) is 6.04 Å². The third-order valence-electron chi connectivity index (χ3n) is 2.01. The maximum absolute atomic E-state index is 5.93. The van der Waals surface area contributed by atoms with Gasteiger partial charge in [-0.05, 0) is 12.0 Å². The van der Waals surface area contributed by atoms with E-state index in [0.29, 0.717) is 16.8 Å². The molecule has 1 rings (SSSR count). The van der Waals surface area contributed by atoms with E-state index < -0.39 is 0 Å². The van der Waals surface area contributed by atoms with Gasteiger partial charge in [-0.2, -0.15) is 0 Å². The van der Waals surface area contributed by atoms with Crippen LogP contribution in [-0.2, 0) is 0 Å². The van der Waals surface area contributed by atoms with Crippen molar-refractivity contribution in [3.8, 4) is 0 Å². The van der Waals surface area contributed by atoms with Crippen LogP contribution in [0.15, 0.2) is 12.3 Å². The Hall–Kier alpha value is -0.800. The minimum atomic E-state index is -0.0789. The lowest BCUT2D eigenvalue weighted by molar-refractivity contribution is 0.514. The molecule has 13 heavy (non-hydrogen) atoms. The minimum absolute atomic E-state index is 0.0789. The van der Waals surface area contributed by atoms with Gasteiger partial charge in [0, 0.05) is 23.5 Å². The predicted octanol–water partition coefficient (Wildman–Crippen LogP) is 1.97. The summed E-state index contributed by atoms with van der Waals surface area (Å²) in [4.78, 5) is 3.95. The van der Waals surface area contributed by atoms with E-state index in [4.69, 9.17) is 23.1 Å². The molecule has 0 spiro atoms. The number of halogens is 1. The molecule has 0 amide bonds. The van der Waals surface area contributed by atoms with Crippen molar-refractivity contribution in [2.24, 2.45) is 11.7 Å². The third-order valence-corrected chi connectivity index (χ3v) is 2.22. The van der Waals surface area contributed by atoms with Crippen LogP contribution in [0.2, 0.25) is 5.15 Å². The Morgan fingerprint density at radius 2 is 2.08 bits per heavy atom. The van der Waals surface area contributed by atoms with Crippen LogP contribution in [0.25, 0.3) is 0 Å². The summed E-state index contributed by atoms with van der Waals surface area (Å²) < 4.78 is 0. The van der Waals surface area contributed by atoms with Gasteiger partial charge in [0.2, 0.25) is 0 Å². The number of pyridine rings is 1. The van der Waals surface area contributed by atoms with Crippen molar-refractivity contribution in [2.75, 3.05) is 5.73 Å². The first kappa shape index (κ1) is 10.3. The second-order valence-corrected chi connectivity index (χ2v) is 3.79. The summed E-state index contributed by atoms with van der Waals surface area (Å²) >= 11 is 5.67. The standard InChI is InChI=1S/C9H14ClN3/c1-5(2)9(12)6-4-13-8(10)3-7(6)11/h3-5,9H,12H2,1-2H3,(H2,11,13)/t9-/m1/s1. The number of rotatable bonds is 2. The lowest BCUT2D eigenvalue weighted by Crippen LogP contribution is -2.18. The molecule has 0 unspecified atom stereocenters. The molecule has 4 heteroatoms. The molecule has 1 atom stereocenters. The van der Waals surface area contributed by atoms with Crippen molar-refractivity contribution in [1.82, 2.24) is 4.98 Å². The number of nitrogen functional groups attached to an aromatic ring is 1. The molecule has 0 aliphatic rings. The summed E-state index contributed by atoms with van der Waals surface area (Å²) in [6.45, 7) is 4.08. The highest BCUT2D eigenvalue weighted by Gasteiger charge is 2.13. The van der Waals surface area contributed by atoms with E-state index in [2.05, 4.69) is 4.98 Å². The summed E-state index contributed by atoms with van der Waals surface area (Å²) in [7, 11) is 0. The lowest BCUT2D eigenvalue weighted by Gasteiger charge is -2.17. The normalized spacial score (nSPS) is 13.3. The molecular weight excluding hydrogens is 186 g/mol. The first-order chi connectivity index (χ1) is 6.02. The second-order valence-electron chi connectivity index (χ2n) is 3.41. The maximum atomic E-state index is 5.93. The fraction of sp³-hybridized carbons (Fsp3) is 0.444. The molecule has 0 bridgehead atoms. The van der Waals surface area contributed by atoms with Gasteiger partial charge in [-0.25, -0.2) is 4.98 Å². The van der Waals surface area contributed by atoms with E-state index in [1.807, 2.05) is 13.8 Å². The van der Waals surface area contributed by atoms with E-state index in [1.54, 1.807) is 12.3 Å². The summed E-state index contributed by atoms with van der Waals surface area (Å²) in [5.41, 5.74) is 13.2. The van der Waals surface area contributed by atoms with Gasteiger partial charge in [0.15, 0.2) is 0 Å². The Bertz CT molecular complexity index is 299. The SMILES string of the molecule is CC(C)[C@@H](N)c1cnc(Cl)cc1N. The van der Waals surface area contributed by atoms with Crippen LogP contribution in [0.5, 0.6) is 0 Å². The summed E-state index contributed by atoms with van der Waals surface area (Å²) in [6.07, 6.45) is 1.64. The number of aromatic nitrogens is 1. The van der Waals surface area contributed by atoms with Gasteiger partial charge in [0.25, 0.3) is 0 Å². The predicted molar refractivity (Wildman–Crippen MR) is 55.4 cm³/mol. The Morgan fingerprint density at radius 3 is 2.54 bits per heavy atom. The zero-order valence-electron chi connectivity index (χ0n) is 7.79. The van der Waals surface area contributed by atoms with Gasteiger partial charge in [-0.3, -0.25) is 0 Å². The Morgan fingerprint density at radius 1 is 1.46 bits per heavy atom. The highest BCUT2D eigenvalue weighted by atomic mass is 35.5. The fourth-order valence-electron chi connectivity index (χ4n) is 1.09. The number of nitrogens with zero attached hydrogens (tertiary/aromatic N) is 1. The lowest BCUT2D eigenvalue weighted by atomic mass is 9.97. The van der Waals surface area contributed by atoms with Crippen molar-refractivity contribution < 1.29 is 0 Å². The molecule has 1 aromatic rings. The minimum Gasteiger partial charge on any atom is -0.398 e. The molecule has 4 N–H and O–H groups in total. The number of hydrogen-bond acceptors (Lipinski definition) is 3. The topological polar surface area (TPSA) is 64.9 Å². The van der Waals surface area contributed by atoms with Gasteiger partial charge in [-0.1, -0.05) is 25.4 Å². The number of anilines is 1. The van der Waals surface area contributed by atoms with Crippen molar-refractivity contribution in [2.45, 2.75) is 19.9 Å². The molecule has 0 radical (unpaired) electrons. The summed E-state index contributed by atoms with van der Waals surface area (Å²) in [5, 5.41) is 0.400. The molecule has 3 nitrogen and oxygen atoms in total. The highest BCUT2D eigenvalue weighted by Crippen LogP contribution is 2.25. The van der Waals surface area contributed by atoms with Gasteiger partial charge in [0.05, 0.1) is 0 Å². The van der Waals surface area contributed by atoms with Crippen molar-refractivity contribution in [3.63, 3.8) is 0 Å². The fourth-order valence-corrected chi connectivity index (χ4v) is 1.26. The monoisotopic (exact) mass is 199 g/mol. The zero-order valence-corrected chi connectivity index (χ0v) is 8.55. The maximum Gasteiger partial charge on any atom is 0.131 e. The van der Waals surface area contributed by atoms with E-state index in [0.717, 1.165) is 5.56 Å². The Labute approximate surface area is 83.1 Å². The molecule has 0 aliphatic heterocycles. The first-order valence-corrected chi connectivity index (χ1v) is 4.56. The van der Waals surface area contributed by atoms with Crippen LogP contribution in [-0.4, -0.2) is 4.98 Å². The molecule has 0 aromatic carbocycles. The van der Waals surface area contributed by atoms with Crippen molar-refractivity contribution >= 4 is 17.3 Å². The Kier molecular flexibility index (Phi) is 3.12. The van der Waals surface area contributed by atoms with E-state index >= 15 is 0 Å². The molecule has 0 aliphatic carbocycles. The molecule has 0 fully saturated rings. The molecule has 1 aromatic heterocycles. The van der Waals surface area contributed by atoms with Gasteiger partial charge < -0.3 is 11.5 Å². The molecule has 72 valence electrons. The number of hydrogen-bond donors (Lipinski definition) is 2. The Balaban J connectivity index is 3.01. The quantitative estimate of drug-likeness (QED) is 0.716. The molecule has 0 saturated carbocycles. The van der Waals surface area contributed by atoms with E-state index in [9.17, 15) is 0 Å². The molecular formula is C9H14ClN3. The second kappa shape index (κ2) is 3.94. The van der Waals surface area contributed by atoms with Crippen LogP contribution >= 0.6 is 11.6 Å². The van der Waals surface area contributed by atoms with Gasteiger partial charge in [0.1, 0.15) is 5.15 Å². The van der Waals surface area contributed by atoms with Crippen LogP contribution in [0.3, 0.4) is 0 Å². The molecule has 1 heterocycles. The largest absolute Gasteiger partial charge is 0.398 e. The van der Waals surface area contributed by atoms with Crippen LogP contribution in [0, 0.1) is 5.92 Å². The van der Waals surface area contributed by atoms with Crippen LogP contribution in [0.4, 0.5) is 5.69 Å². The van der Waals surface area contributed by atoms with Crippen LogP contribution in [0.1, 0.15) is 25.5 Å². The van der Waals surface area contributed by atoms with Crippen molar-refractivity contribution in [1.29, 1.82) is 0 Å². The first-order valence-electron chi connectivity index (χ1n) is 4.19.